The number of nitrogens with one attached hydrogen (secondary N) is 1. The first-order valence-electron chi connectivity index (χ1n) is 7.27. The molecule has 0 aromatic heterocycles. The summed E-state index contributed by atoms with van der Waals surface area (Å²) in [6.07, 6.45) is 5.87. The summed E-state index contributed by atoms with van der Waals surface area (Å²) in [5.41, 5.74) is 0.302. The number of nitro benzene ring substituents is 1. The van der Waals surface area contributed by atoms with Gasteiger partial charge in [-0.1, -0.05) is 19.3 Å². The van der Waals surface area contributed by atoms with E-state index in [1.165, 1.54) is 37.5 Å². The Labute approximate surface area is 123 Å². The van der Waals surface area contributed by atoms with Crippen LogP contribution in [0.15, 0.2) is 18.2 Å². The highest BCUT2D eigenvalue weighted by Crippen LogP contribution is 2.30. The van der Waals surface area contributed by atoms with Gasteiger partial charge in [0, 0.05) is 18.2 Å². The Balaban J connectivity index is 2.21. The van der Waals surface area contributed by atoms with Crippen molar-refractivity contribution in [2.24, 2.45) is 5.92 Å². The molecule has 1 aliphatic carbocycles. The molecule has 1 saturated carbocycles. The van der Waals surface area contributed by atoms with E-state index in [-0.39, 0.29) is 17.3 Å². The summed E-state index contributed by atoms with van der Waals surface area (Å²) < 4.78 is 0. The summed E-state index contributed by atoms with van der Waals surface area (Å²) in [5.74, 6) is -0.595. The fourth-order valence-corrected chi connectivity index (χ4v) is 2.95. The number of carboxylic acid groups (broad SMARTS) is 1. The molecular formula is C15H20N2O4. The van der Waals surface area contributed by atoms with Crippen LogP contribution in [-0.4, -0.2) is 22.0 Å². The van der Waals surface area contributed by atoms with Crippen molar-refractivity contribution in [2.75, 3.05) is 5.32 Å². The number of rotatable bonds is 5. The maximum absolute atomic E-state index is 11.3. The Morgan fingerprint density at radius 3 is 2.62 bits per heavy atom. The average molecular weight is 292 g/mol. The van der Waals surface area contributed by atoms with E-state index in [0.717, 1.165) is 12.8 Å². The van der Waals surface area contributed by atoms with Gasteiger partial charge in [0.25, 0.3) is 5.69 Å². The third-order valence-electron chi connectivity index (χ3n) is 4.18. The molecule has 2 N–H and O–H groups in total. The van der Waals surface area contributed by atoms with E-state index in [0.29, 0.717) is 11.6 Å². The predicted molar refractivity (Wildman–Crippen MR) is 79.7 cm³/mol. The predicted octanol–water partition coefficient (Wildman–Crippen LogP) is 3.67. The number of hydrogen-bond donors (Lipinski definition) is 2. The third-order valence-corrected chi connectivity index (χ3v) is 4.18. The number of carboxylic acids is 1. The Morgan fingerprint density at radius 2 is 2.05 bits per heavy atom. The molecule has 1 atom stereocenters. The van der Waals surface area contributed by atoms with E-state index < -0.39 is 10.9 Å². The molecule has 6 heteroatoms. The number of non-ortho nitro benzene ring substituents is 1. The fraction of sp³-hybridized carbons (Fsp3) is 0.533. The second kappa shape index (κ2) is 6.56. The molecule has 0 amide bonds. The van der Waals surface area contributed by atoms with Crippen LogP contribution in [0.5, 0.6) is 0 Å². The SMILES string of the molecule is CC(Nc1cc([N+](=O)[O-])ccc1C(=O)O)C1CCCCC1. The molecule has 6 nitrogen and oxygen atoms in total. The largest absolute Gasteiger partial charge is 0.478 e. The van der Waals surface area contributed by atoms with Crippen LogP contribution >= 0.6 is 0 Å². The van der Waals surface area contributed by atoms with Crippen molar-refractivity contribution >= 4 is 17.3 Å². The smallest absolute Gasteiger partial charge is 0.337 e. The molecule has 0 saturated heterocycles. The van der Waals surface area contributed by atoms with Gasteiger partial charge in [-0.25, -0.2) is 4.79 Å². The second-order valence-corrected chi connectivity index (χ2v) is 5.62. The van der Waals surface area contributed by atoms with Crippen molar-refractivity contribution < 1.29 is 14.8 Å². The maximum atomic E-state index is 11.3. The number of aromatic carboxylic acids is 1. The zero-order chi connectivity index (χ0) is 15.4. The second-order valence-electron chi connectivity index (χ2n) is 5.62. The first-order chi connectivity index (χ1) is 9.99. The van der Waals surface area contributed by atoms with Crippen molar-refractivity contribution in [3.8, 4) is 0 Å². The number of benzene rings is 1. The Morgan fingerprint density at radius 1 is 1.38 bits per heavy atom. The molecule has 114 valence electrons. The van der Waals surface area contributed by atoms with Gasteiger partial charge in [-0.3, -0.25) is 10.1 Å². The van der Waals surface area contributed by atoms with Crippen LogP contribution in [0.3, 0.4) is 0 Å². The zero-order valence-electron chi connectivity index (χ0n) is 12.0. The fourth-order valence-electron chi connectivity index (χ4n) is 2.95. The lowest BCUT2D eigenvalue weighted by molar-refractivity contribution is -0.384. The Hall–Kier alpha value is -2.11. The quantitative estimate of drug-likeness (QED) is 0.638. The monoisotopic (exact) mass is 292 g/mol. The van der Waals surface area contributed by atoms with Gasteiger partial charge in [0.05, 0.1) is 16.2 Å². The number of carbonyl (C=O) groups is 1. The number of nitrogens with zero attached hydrogens (tertiary/aromatic N) is 1. The standard InChI is InChI=1S/C15H20N2O4/c1-10(11-5-3-2-4-6-11)16-14-9-12(17(20)21)7-8-13(14)15(18)19/h7-11,16H,2-6H2,1H3,(H,18,19). The van der Waals surface area contributed by atoms with Crippen LogP contribution in [0, 0.1) is 16.0 Å². The third kappa shape index (κ3) is 3.71. The highest BCUT2D eigenvalue weighted by Gasteiger charge is 2.22. The molecule has 1 aromatic carbocycles. The summed E-state index contributed by atoms with van der Waals surface area (Å²) >= 11 is 0. The Bertz CT molecular complexity index is 538. The summed E-state index contributed by atoms with van der Waals surface area (Å²) in [6.45, 7) is 2.01. The molecule has 0 spiro atoms. The van der Waals surface area contributed by atoms with Crippen LogP contribution in [-0.2, 0) is 0 Å². The van der Waals surface area contributed by atoms with Crippen LogP contribution < -0.4 is 5.32 Å². The van der Waals surface area contributed by atoms with Gasteiger partial charge in [-0.2, -0.15) is 0 Å². The number of hydrogen-bond acceptors (Lipinski definition) is 4. The lowest BCUT2D eigenvalue weighted by atomic mass is 9.84. The molecule has 0 heterocycles. The van der Waals surface area contributed by atoms with E-state index in [1.54, 1.807) is 0 Å². The highest BCUT2D eigenvalue weighted by molar-refractivity contribution is 5.94. The van der Waals surface area contributed by atoms with E-state index in [1.807, 2.05) is 6.92 Å². The van der Waals surface area contributed by atoms with Gasteiger partial charge >= 0.3 is 5.97 Å². The van der Waals surface area contributed by atoms with Gasteiger partial charge in [-0.15, -0.1) is 0 Å². The number of anilines is 1. The summed E-state index contributed by atoms with van der Waals surface area (Å²) in [4.78, 5) is 21.6. The van der Waals surface area contributed by atoms with Gasteiger partial charge in [0.1, 0.15) is 0 Å². The van der Waals surface area contributed by atoms with Crippen molar-refractivity contribution in [2.45, 2.75) is 45.1 Å². The lowest BCUT2D eigenvalue weighted by Crippen LogP contribution is -2.28. The zero-order valence-corrected chi connectivity index (χ0v) is 12.0. The molecule has 1 aromatic rings. The van der Waals surface area contributed by atoms with E-state index in [2.05, 4.69) is 5.32 Å². The molecule has 1 aliphatic rings. The van der Waals surface area contributed by atoms with Gasteiger partial charge in [0.15, 0.2) is 0 Å². The number of nitro groups is 1. The van der Waals surface area contributed by atoms with Crippen LogP contribution in [0.1, 0.15) is 49.4 Å². The van der Waals surface area contributed by atoms with Crippen LogP contribution in [0.25, 0.3) is 0 Å². The molecule has 0 aliphatic heterocycles. The minimum atomic E-state index is -1.08. The molecule has 21 heavy (non-hydrogen) atoms. The summed E-state index contributed by atoms with van der Waals surface area (Å²) in [6, 6.07) is 3.92. The summed E-state index contributed by atoms with van der Waals surface area (Å²) in [5, 5.41) is 23.2. The van der Waals surface area contributed by atoms with Crippen molar-refractivity contribution in [3.05, 3.63) is 33.9 Å². The first-order valence-corrected chi connectivity index (χ1v) is 7.27. The minimum Gasteiger partial charge on any atom is -0.478 e. The van der Waals surface area contributed by atoms with Gasteiger partial charge < -0.3 is 10.4 Å². The van der Waals surface area contributed by atoms with E-state index in [4.69, 9.17) is 0 Å². The first kappa shape index (κ1) is 15.3. The lowest BCUT2D eigenvalue weighted by Gasteiger charge is -2.29. The summed E-state index contributed by atoms with van der Waals surface area (Å²) in [7, 11) is 0. The minimum absolute atomic E-state index is 0.0725. The Kier molecular flexibility index (Phi) is 4.77. The van der Waals surface area contributed by atoms with E-state index >= 15 is 0 Å². The van der Waals surface area contributed by atoms with Gasteiger partial charge in [0.2, 0.25) is 0 Å². The average Bonchev–Trinajstić information content (AvgIpc) is 2.47. The highest BCUT2D eigenvalue weighted by atomic mass is 16.6. The normalized spacial score (nSPS) is 17.2. The van der Waals surface area contributed by atoms with Crippen LogP contribution in [0.2, 0.25) is 0 Å². The molecule has 0 radical (unpaired) electrons. The molecule has 1 fully saturated rings. The van der Waals surface area contributed by atoms with Crippen LogP contribution in [0.4, 0.5) is 11.4 Å². The van der Waals surface area contributed by atoms with Crippen molar-refractivity contribution in [3.63, 3.8) is 0 Å². The molecular weight excluding hydrogens is 272 g/mol. The molecule has 0 bridgehead atoms. The molecule has 1 unspecified atom stereocenters. The van der Waals surface area contributed by atoms with Gasteiger partial charge in [-0.05, 0) is 31.7 Å². The van der Waals surface area contributed by atoms with Crippen molar-refractivity contribution in [1.29, 1.82) is 0 Å². The molecule has 2 rings (SSSR count). The topological polar surface area (TPSA) is 92.5 Å². The van der Waals surface area contributed by atoms with Crippen molar-refractivity contribution in [1.82, 2.24) is 0 Å². The maximum Gasteiger partial charge on any atom is 0.337 e. The van der Waals surface area contributed by atoms with E-state index in [9.17, 15) is 20.0 Å².